The number of hydrogen-bond acceptors (Lipinski definition) is 7. The van der Waals surface area contributed by atoms with E-state index in [1.807, 2.05) is 26.0 Å². The number of hydrogen-bond donors (Lipinski definition) is 2. The van der Waals surface area contributed by atoms with Crippen LogP contribution in [0.3, 0.4) is 0 Å². The summed E-state index contributed by atoms with van der Waals surface area (Å²) in [6, 6.07) is 20.4. The van der Waals surface area contributed by atoms with Crippen LogP contribution in [-0.2, 0) is 10.0 Å². The molecule has 0 saturated heterocycles. The number of carbonyl (C=O) groups is 2. The van der Waals surface area contributed by atoms with Gasteiger partial charge >= 0.3 is 0 Å². The number of benzene rings is 4. The van der Waals surface area contributed by atoms with Gasteiger partial charge in [0.2, 0.25) is 0 Å². The summed E-state index contributed by atoms with van der Waals surface area (Å²) in [5.41, 5.74) is 5.65. The fourth-order valence-electron chi connectivity index (χ4n) is 3.95. The molecule has 0 aliphatic carbocycles. The molecule has 4 aromatic carbocycles. The van der Waals surface area contributed by atoms with Gasteiger partial charge in [-0.25, -0.2) is 13.8 Å². The molecule has 0 spiro atoms. The van der Waals surface area contributed by atoms with Crippen molar-refractivity contribution in [3.8, 4) is 11.5 Å². The molecule has 0 aromatic heterocycles. The summed E-state index contributed by atoms with van der Waals surface area (Å²) >= 11 is 11.9. The smallest absolute Gasteiger partial charge is 0.271 e. The predicted octanol–water partition coefficient (Wildman–Crippen LogP) is 6.45. The van der Waals surface area contributed by atoms with Crippen molar-refractivity contribution >= 4 is 56.8 Å². The maximum atomic E-state index is 13.0. The highest BCUT2D eigenvalue weighted by molar-refractivity contribution is 7.92. The Kier molecular flexibility index (Phi) is 10.1. The number of halogens is 2. The summed E-state index contributed by atoms with van der Waals surface area (Å²) in [6.07, 6.45) is 1.38. The maximum absolute atomic E-state index is 13.0. The van der Waals surface area contributed by atoms with E-state index in [-0.39, 0.29) is 27.9 Å². The van der Waals surface area contributed by atoms with Crippen LogP contribution < -0.4 is 19.6 Å². The lowest BCUT2D eigenvalue weighted by Crippen LogP contribution is -2.19. The number of hydrazone groups is 1. The molecule has 0 unspecified atom stereocenters. The number of ether oxygens (including phenoxy) is 2. The molecule has 0 bridgehead atoms. The van der Waals surface area contributed by atoms with E-state index in [1.54, 1.807) is 30.3 Å². The van der Waals surface area contributed by atoms with Crippen LogP contribution in [0.2, 0.25) is 10.0 Å². The van der Waals surface area contributed by atoms with Crippen molar-refractivity contribution in [3.05, 3.63) is 117 Å². The number of aryl methyl sites for hydroxylation is 2. The Morgan fingerprint density at radius 1 is 0.884 bits per heavy atom. The Balaban J connectivity index is 1.39. The van der Waals surface area contributed by atoms with E-state index in [0.29, 0.717) is 33.3 Å². The molecule has 9 nitrogen and oxygen atoms in total. The van der Waals surface area contributed by atoms with Crippen LogP contribution in [0.15, 0.2) is 88.9 Å². The van der Waals surface area contributed by atoms with Crippen LogP contribution in [0.1, 0.15) is 37.4 Å². The zero-order chi connectivity index (χ0) is 31.1. The van der Waals surface area contributed by atoms with Crippen molar-refractivity contribution < 1.29 is 27.5 Å². The lowest BCUT2D eigenvalue weighted by atomic mass is 10.1. The standard InChI is InChI=1S/C31H27Cl2N3O6S/c1-19-7-11-27(20(2)13-19)36-43(39,40)24-6-4-5-23(15-24)31(38)35-34-17-21-8-12-29(30(14-21)41-3)42-18-28(37)22-9-10-25(32)26(33)16-22/h4-17,36H,18H2,1-3H3,(H,35,38). The van der Waals surface area contributed by atoms with Gasteiger partial charge in [-0.3, -0.25) is 14.3 Å². The Morgan fingerprint density at radius 3 is 2.40 bits per heavy atom. The maximum Gasteiger partial charge on any atom is 0.271 e. The molecule has 12 heteroatoms. The summed E-state index contributed by atoms with van der Waals surface area (Å²) in [5, 5.41) is 4.58. The molecule has 0 heterocycles. The molecule has 0 atom stereocenters. The molecule has 4 rings (SSSR count). The van der Waals surface area contributed by atoms with E-state index in [9.17, 15) is 18.0 Å². The second-order valence-electron chi connectivity index (χ2n) is 9.40. The van der Waals surface area contributed by atoms with Gasteiger partial charge in [-0.1, -0.05) is 47.0 Å². The predicted molar refractivity (Wildman–Crippen MR) is 168 cm³/mol. The zero-order valence-corrected chi connectivity index (χ0v) is 25.7. The van der Waals surface area contributed by atoms with Crippen molar-refractivity contribution in [2.45, 2.75) is 18.7 Å². The molecule has 222 valence electrons. The average molecular weight is 641 g/mol. The fourth-order valence-corrected chi connectivity index (χ4v) is 5.42. The number of ketones is 1. The second-order valence-corrected chi connectivity index (χ2v) is 11.9. The van der Waals surface area contributed by atoms with Crippen LogP contribution in [0.5, 0.6) is 11.5 Å². The number of carbonyl (C=O) groups excluding carboxylic acids is 2. The zero-order valence-electron chi connectivity index (χ0n) is 23.4. The summed E-state index contributed by atoms with van der Waals surface area (Å²) in [4.78, 5) is 25.1. The number of nitrogens with zero attached hydrogens (tertiary/aromatic N) is 1. The Morgan fingerprint density at radius 2 is 1.67 bits per heavy atom. The highest BCUT2D eigenvalue weighted by Gasteiger charge is 2.18. The second kappa shape index (κ2) is 13.7. The van der Waals surface area contributed by atoms with Crippen molar-refractivity contribution in [2.75, 3.05) is 18.4 Å². The van der Waals surface area contributed by atoms with E-state index in [0.717, 1.165) is 11.1 Å². The van der Waals surface area contributed by atoms with E-state index in [1.165, 1.54) is 49.7 Å². The molecule has 43 heavy (non-hydrogen) atoms. The summed E-state index contributed by atoms with van der Waals surface area (Å²) in [6.45, 7) is 3.47. The number of sulfonamides is 1. The lowest BCUT2D eigenvalue weighted by Gasteiger charge is -2.12. The van der Waals surface area contributed by atoms with Gasteiger partial charge in [-0.05, 0) is 85.6 Å². The molecule has 4 aromatic rings. The van der Waals surface area contributed by atoms with Gasteiger partial charge in [-0.15, -0.1) is 0 Å². The number of Topliss-reactive ketones (excluding diaryl/α,β-unsaturated/α-hetero) is 1. The van der Waals surface area contributed by atoms with Gasteiger partial charge in [0.1, 0.15) is 0 Å². The number of amides is 1. The van der Waals surface area contributed by atoms with E-state index >= 15 is 0 Å². The van der Waals surface area contributed by atoms with Crippen molar-refractivity contribution in [1.82, 2.24) is 5.43 Å². The molecule has 0 radical (unpaired) electrons. The first-order valence-electron chi connectivity index (χ1n) is 12.8. The molecule has 0 fully saturated rings. The SMILES string of the molecule is COc1cc(C=NNC(=O)c2cccc(S(=O)(=O)Nc3ccc(C)cc3C)c2)ccc1OCC(=O)c1ccc(Cl)c(Cl)c1. The van der Waals surface area contributed by atoms with Crippen LogP contribution in [-0.4, -0.2) is 40.0 Å². The average Bonchev–Trinajstić information content (AvgIpc) is 2.99. The molecular weight excluding hydrogens is 613 g/mol. The van der Waals surface area contributed by atoms with Gasteiger partial charge in [0.05, 0.1) is 34.0 Å². The summed E-state index contributed by atoms with van der Waals surface area (Å²) in [5.74, 6) is -0.240. The molecule has 0 aliphatic heterocycles. The van der Waals surface area contributed by atoms with Gasteiger partial charge in [0.15, 0.2) is 23.9 Å². The van der Waals surface area contributed by atoms with E-state index in [4.69, 9.17) is 32.7 Å². The largest absolute Gasteiger partial charge is 0.493 e. The van der Waals surface area contributed by atoms with Crippen molar-refractivity contribution in [2.24, 2.45) is 5.10 Å². The fraction of sp³-hybridized carbons (Fsp3) is 0.129. The van der Waals surface area contributed by atoms with Gasteiger partial charge in [0.25, 0.3) is 15.9 Å². The van der Waals surface area contributed by atoms with Gasteiger partial charge in [0, 0.05) is 11.1 Å². The third-order valence-corrected chi connectivity index (χ3v) is 8.30. The number of rotatable bonds is 11. The number of nitrogens with one attached hydrogen (secondary N) is 2. The highest BCUT2D eigenvalue weighted by Crippen LogP contribution is 2.28. The minimum Gasteiger partial charge on any atom is -0.493 e. The molecule has 2 N–H and O–H groups in total. The van der Waals surface area contributed by atoms with Crippen molar-refractivity contribution in [3.63, 3.8) is 0 Å². The third-order valence-electron chi connectivity index (χ3n) is 6.20. The minimum atomic E-state index is -3.94. The Hall–Kier alpha value is -4.38. The van der Waals surface area contributed by atoms with Gasteiger partial charge < -0.3 is 9.47 Å². The number of anilines is 1. The van der Waals surface area contributed by atoms with Gasteiger partial charge in [-0.2, -0.15) is 5.10 Å². The Labute approximate surface area is 259 Å². The van der Waals surface area contributed by atoms with Crippen LogP contribution in [0, 0.1) is 13.8 Å². The third kappa shape index (κ3) is 8.13. The first-order valence-corrected chi connectivity index (χ1v) is 15.0. The quantitative estimate of drug-likeness (QED) is 0.110. The first-order chi connectivity index (χ1) is 20.5. The first kappa shape index (κ1) is 31.6. The van der Waals surface area contributed by atoms with E-state index in [2.05, 4.69) is 15.2 Å². The van der Waals surface area contributed by atoms with Crippen molar-refractivity contribution in [1.29, 1.82) is 0 Å². The van der Waals surface area contributed by atoms with E-state index < -0.39 is 15.9 Å². The summed E-state index contributed by atoms with van der Waals surface area (Å²) < 4.78 is 39.5. The molecular formula is C31H27Cl2N3O6S. The normalized spacial score (nSPS) is 11.3. The monoisotopic (exact) mass is 639 g/mol. The minimum absolute atomic E-state index is 0.0675. The summed E-state index contributed by atoms with van der Waals surface area (Å²) in [7, 11) is -2.49. The Bertz CT molecular complexity index is 1830. The van der Waals surface area contributed by atoms with Crippen LogP contribution in [0.25, 0.3) is 0 Å². The van der Waals surface area contributed by atoms with Crippen LogP contribution >= 0.6 is 23.2 Å². The molecule has 1 amide bonds. The number of methoxy groups -OCH3 is 1. The lowest BCUT2D eigenvalue weighted by molar-refractivity contribution is 0.0918. The molecule has 0 saturated carbocycles. The topological polar surface area (TPSA) is 123 Å². The van der Waals surface area contributed by atoms with Crippen LogP contribution in [0.4, 0.5) is 5.69 Å². The highest BCUT2D eigenvalue weighted by atomic mass is 35.5. The molecule has 0 aliphatic rings.